The number of nitrogens with two attached hydrogens (primary N) is 1. The number of benzene rings is 1. The SMILES string of the molecule is CC1(C)Oc2ccc([N+](=O)[O-])cc2C(N2CCCCC2)C1(N)O. The first-order valence-electron chi connectivity index (χ1n) is 7.97. The van der Waals surface area contributed by atoms with Gasteiger partial charge in [-0.25, -0.2) is 0 Å². The summed E-state index contributed by atoms with van der Waals surface area (Å²) in [6, 6.07) is 3.97. The molecule has 0 amide bonds. The monoisotopic (exact) mass is 321 g/mol. The predicted molar refractivity (Wildman–Crippen MR) is 85.1 cm³/mol. The lowest BCUT2D eigenvalue weighted by Crippen LogP contribution is -2.69. The smallest absolute Gasteiger partial charge is 0.270 e. The second kappa shape index (κ2) is 5.43. The summed E-state index contributed by atoms with van der Waals surface area (Å²) in [4.78, 5) is 12.8. The molecule has 0 aliphatic carbocycles. The lowest BCUT2D eigenvalue weighted by Gasteiger charge is -2.52. The van der Waals surface area contributed by atoms with E-state index >= 15 is 0 Å². The number of hydrogen-bond acceptors (Lipinski definition) is 6. The highest BCUT2D eigenvalue weighted by molar-refractivity contribution is 5.49. The highest BCUT2D eigenvalue weighted by Gasteiger charge is 2.55. The van der Waals surface area contributed by atoms with E-state index < -0.39 is 22.3 Å². The summed E-state index contributed by atoms with van der Waals surface area (Å²) in [5, 5.41) is 22.1. The Hall–Kier alpha value is -1.70. The Labute approximate surface area is 135 Å². The van der Waals surface area contributed by atoms with E-state index in [4.69, 9.17) is 10.5 Å². The molecule has 2 aliphatic rings. The molecular formula is C16H23N3O4. The van der Waals surface area contributed by atoms with E-state index in [9.17, 15) is 15.2 Å². The van der Waals surface area contributed by atoms with Gasteiger partial charge in [0.15, 0.2) is 5.72 Å². The average Bonchev–Trinajstić information content (AvgIpc) is 2.48. The quantitative estimate of drug-likeness (QED) is 0.490. The van der Waals surface area contributed by atoms with Crippen molar-refractivity contribution in [2.24, 2.45) is 5.73 Å². The van der Waals surface area contributed by atoms with E-state index in [1.165, 1.54) is 12.1 Å². The molecule has 1 aromatic carbocycles. The first-order valence-corrected chi connectivity index (χ1v) is 7.97. The molecule has 2 heterocycles. The molecular weight excluding hydrogens is 298 g/mol. The van der Waals surface area contributed by atoms with Crippen molar-refractivity contribution >= 4 is 5.69 Å². The highest BCUT2D eigenvalue weighted by Crippen LogP contribution is 2.48. The van der Waals surface area contributed by atoms with Gasteiger partial charge in [0, 0.05) is 17.7 Å². The first kappa shape index (κ1) is 16.2. The third kappa shape index (κ3) is 2.58. The molecule has 126 valence electrons. The lowest BCUT2D eigenvalue weighted by atomic mass is 9.79. The maximum Gasteiger partial charge on any atom is 0.270 e. The number of nitrogens with zero attached hydrogens (tertiary/aromatic N) is 2. The molecule has 1 fully saturated rings. The molecule has 3 N–H and O–H groups in total. The molecule has 0 aromatic heterocycles. The largest absolute Gasteiger partial charge is 0.483 e. The summed E-state index contributed by atoms with van der Waals surface area (Å²) in [7, 11) is 0. The van der Waals surface area contributed by atoms with Crippen LogP contribution in [0.2, 0.25) is 0 Å². The minimum Gasteiger partial charge on any atom is -0.483 e. The van der Waals surface area contributed by atoms with Crippen LogP contribution in [0.25, 0.3) is 0 Å². The summed E-state index contributed by atoms with van der Waals surface area (Å²) in [6.45, 7) is 5.10. The molecule has 0 spiro atoms. The van der Waals surface area contributed by atoms with E-state index in [0.717, 1.165) is 32.4 Å². The van der Waals surface area contributed by atoms with Crippen LogP contribution in [-0.4, -0.2) is 39.3 Å². The maximum atomic E-state index is 11.1. The number of nitro groups is 1. The van der Waals surface area contributed by atoms with Crippen LogP contribution in [0, 0.1) is 10.1 Å². The van der Waals surface area contributed by atoms with Crippen LogP contribution in [0.3, 0.4) is 0 Å². The van der Waals surface area contributed by atoms with Gasteiger partial charge in [0.1, 0.15) is 11.4 Å². The van der Waals surface area contributed by atoms with Crippen LogP contribution >= 0.6 is 0 Å². The van der Waals surface area contributed by atoms with Gasteiger partial charge in [-0.1, -0.05) is 6.42 Å². The second-order valence-corrected chi connectivity index (χ2v) is 6.92. The number of likely N-dealkylation sites (tertiary alicyclic amines) is 1. The number of rotatable bonds is 2. The Morgan fingerprint density at radius 1 is 1.35 bits per heavy atom. The topological polar surface area (TPSA) is 102 Å². The van der Waals surface area contributed by atoms with Gasteiger partial charge < -0.3 is 9.84 Å². The van der Waals surface area contributed by atoms with Gasteiger partial charge >= 0.3 is 0 Å². The Morgan fingerprint density at radius 3 is 2.61 bits per heavy atom. The third-order valence-electron chi connectivity index (χ3n) is 5.00. The van der Waals surface area contributed by atoms with Crippen molar-refractivity contribution in [2.45, 2.75) is 50.5 Å². The summed E-state index contributed by atoms with van der Waals surface area (Å²) < 4.78 is 5.87. The van der Waals surface area contributed by atoms with Gasteiger partial charge in [-0.15, -0.1) is 0 Å². The number of non-ortho nitro benzene ring substituents is 1. The molecule has 3 rings (SSSR count). The van der Waals surface area contributed by atoms with Crippen molar-refractivity contribution in [3.05, 3.63) is 33.9 Å². The zero-order chi connectivity index (χ0) is 16.8. The standard InChI is InChI=1S/C16H23N3O4/c1-15(2)16(17,20)14(18-8-4-3-5-9-18)12-10-11(19(21)22)6-7-13(12)23-15/h6-7,10,14,20H,3-5,8-9,17H2,1-2H3. The number of hydrogen-bond donors (Lipinski definition) is 2. The second-order valence-electron chi connectivity index (χ2n) is 6.92. The zero-order valence-electron chi connectivity index (χ0n) is 13.5. The fourth-order valence-corrected chi connectivity index (χ4v) is 3.53. The van der Waals surface area contributed by atoms with Crippen LogP contribution in [-0.2, 0) is 0 Å². The number of nitro benzene ring substituents is 1. The fraction of sp³-hybridized carbons (Fsp3) is 0.625. The maximum absolute atomic E-state index is 11.1. The molecule has 0 radical (unpaired) electrons. The Balaban J connectivity index is 2.13. The van der Waals surface area contributed by atoms with Crippen LogP contribution in [0.4, 0.5) is 5.69 Å². The lowest BCUT2D eigenvalue weighted by molar-refractivity contribution is -0.385. The minimum absolute atomic E-state index is 0.0233. The molecule has 7 heteroatoms. The van der Waals surface area contributed by atoms with Crippen LogP contribution in [0.15, 0.2) is 18.2 Å². The number of aliphatic hydroxyl groups is 1. The number of ether oxygens (including phenoxy) is 1. The molecule has 0 bridgehead atoms. The van der Waals surface area contributed by atoms with Crippen LogP contribution in [0.5, 0.6) is 5.75 Å². The van der Waals surface area contributed by atoms with Crippen molar-refractivity contribution < 1.29 is 14.8 Å². The van der Waals surface area contributed by atoms with Gasteiger partial charge in [0.25, 0.3) is 5.69 Å². The Bertz CT molecular complexity index is 624. The molecule has 1 aromatic rings. The van der Waals surface area contributed by atoms with Crippen LogP contribution < -0.4 is 10.5 Å². The van der Waals surface area contributed by atoms with E-state index in [0.29, 0.717) is 11.3 Å². The molecule has 23 heavy (non-hydrogen) atoms. The predicted octanol–water partition coefficient (Wildman–Crippen LogP) is 1.94. The first-order chi connectivity index (χ1) is 10.7. The zero-order valence-corrected chi connectivity index (χ0v) is 13.5. The summed E-state index contributed by atoms with van der Waals surface area (Å²) in [5.41, 5.74) is 4.21. The third-order valence-corrected chi connectivity index (χ3v) is 5.00. The van der Waals surface area contributed by atoms with Crippen molar-refractivity contribution in [1.82, 2.24) is 4.90 Å². The average molecular weight is 321 g/mol. The van der Waals surface area contributed by atoms with Gasteiger partial charge in [0.2, 0.25) is 0 Å². The summed E-state index contributed by atoms with van der Waals surface area (Å²) in [6.07, 6.45) is 3.20. The molecule has 2 atom stereocenters. The van der Waals surface area contributed by atoms with E-state index in [-0.39, 0.29) is 5.69 Å². The number of piperidine rings is 1. The van der Waals surface area contributed by atoms with Crippen LogP contribution in [0.1, 0.15) is 44.7 Å². The van der Waals surface area contributed by atoms with Crippen molar-refractivity contribution in [1.29, 1.82) is 0 Å². The molecule has 1 saturated heterocycles. The molecule has 0 saturated carbocycles. The van der Waals surface area contributed by atoms with Gasteiger partial charge in [-0.2, -0.15) is 0 Å². The molecule has 2 unspecified atom stereocenters. The van der Waals surface area contributed by atoms with Crippen molar-refractivity contribution in [3.63, 3.8) is 0 Å². The molecule has 2 aliphatic heterocycles. The normalized spacial score (nSPS) is 30.3. The van der Waals surface area contributed by atoms with Crippen molar-refractivity contribution in [3.8, 4) is 5.75 Å². The summed E-state index contributed by atoms with van der Waals surface area (Å²) in [5.74, 6) is 0.547. The van der Waals surface area contributed by atoms with Gasteiger partial charge in [-0.3, -0.25) is 20.7 Å². The molecule has 7 nitrogen and oxygen atoms in total. The number of fused-ring (bicyclic) bond motifs is 1. The summed E-state index contributed by atoms with van der Waals surface area (Å²) >= 11 is 0. The Morgan fingerprint density at radius 2 is 2.00 bits per heavy atom. The van der Waals surface area contributed by atoms with E-state index in [1.54, 1.807) is 19.9 Å². The Kier molecular flexibility index (Phi) is 3.82. The van der Waals surface area contributed by atoms with Crippen molar-refractivity contribution in [2.75, 3.05) is 13.1 Å². The highest BCUT2D eigenvalue weighted by atomic mass is 16.6. The van der Waals surface area contributed by atoms with E-state index in [1.807, 2.05) is 0 Å². The van der Waals surface area contributed by atoms with Gasteiger partial charge in [0.05, 0.1) is 11.0 Å². The van der Waals surface area contributed by atoms with E-state index in [2.05, 4.69) is 4.90 Å². The fourth-order valence-electron chi connectivity index (χ4n) is 3.53. The van der Waals surface area contributed by atoms with Gasteiger partial charge in [-0.05, 0) is 45.8 Å². The minimum atomic E-state index is -1.65.